The van der Waals surface area contributed by atoms with E-state index in [1.165, 1.54) is 0 Å². The number of alkyl halides is 2. The fourth-order valence-electron chi connectivity index (χ4n) is 1.15. The number of amides is 1. The van der Waals surface area contributed by atoms with Crippen LogP contribution >= 0.6 is 0 Å². The van der Waals surface area contributed by atoms with Crippen LogP contribution in [-0.2, 0) is 4.84 Å². The first-order chi connectivity index (χ1) is 9.53. The fraction of sp³-hybridized carbons (Fsp3) is 0.300. The van der Waals surface area contributed by atoms with E-state index in [0.29, 0.717) is 0 Å². The van der Waals surface area contributed by atoms with Crippen LogP contribution in [0, 0.1) is 29.1 Å². The van der Waals surface area contributed by atoms with Gasteiger partial charge in [0.2, 0.25) is 5.82 Å². The smallest absolute Gasteiger partial charge is 0.436 e. The highest BCUT2D eigenvalue weighted by atomic mass is 19.3. The summed E-state index contributed by atoms with van der Waals surface area (Å²) in [5.41, 5.74) is -2.16. The fourth-order valence-corrected chi connectivity index (χ4v) is 1.15. The molecule has 0 saturated heterocycles. The van der Waals surface area contributed by atoms with Crippen LogP contribution < -0.4 is 5.06 Å². The van der Waals surface area contributed by atoms with Crippen molar-refractivity contribution in [1.82, 2.24) is 0 Å². The molecule has 0 aromatic heterocycles. The molecule has 118 valence electrons. The number of nitrogens with zero attached hydrogens (tertiary/aromatic N) is 1. The first-order valence-corrected chi connectivity index (χ1v) is 5.15. The molecule has 1 N–H and O–H groups in total. The molecule has 1 rings (SSSR count). The number of hydrogen-bond donors (Lipinski definition) is 1. The molecule has 4 nitrogen and oxygen atoms in total. The van der Waals surface area contributed by atoms with Crippen LogP contribution in [0.15, 0.2) is 0 Å². The Bertz CT molecular complexity index is 549. The second-order valence-corrected chi connectivity index (χ2v) is 3.58. The lowest BCUT2D eigenvalue weighted by Crippen LogP contribution is -2.39. The number of hydroxylamine groups is 1. The summed E-state index contributed by atoms with van der Waals surface area (Å²) in [6.07, 6.45) is -7.84. The molecular formula is C10H6F7NO3. The topological polar surface area (TPSA) is 49.8 Å². The third-order valence-corrected chi connectivity index (χ3v) is 2.20. The van der Waals surface area contributed by atoms with Crippen LogP contribution in [0.3, 0.4) is 0 Å². The number of benzene rings is 1. The molecule has 0 heterocycles. The molecule has 0 aliphatic rings. The van der Waals surface area contributed by atoms with E-state index in [9.17, 15) is 35.5 Å². The largest absolute Gasteiger partial charge is 0.463 e. The lowest BCUT2D eigenvalue weighted by atomic mass is 10.2. The molecule has 0 atom stereocenters. The third-order valence-electron chi connectivity index (χ3n) is 2.20. The highest BCUT2D eigenvalue weighted by Gasteiger charge is 2.39. The molecule has 0 bridgehead atoms. The average Bonchev–Trinajstić information content (AvgIpc) is 2.41. The van der Waals surface area contributed by atoms with Gasteiger partial charge in [-0.05, 0) is 0 Å². The maximum absolute atomic E-state index is 13.3. The Morgan fingerprint density at radius 2 is 1.43 bits per heavy atom. The minimum atomic E-state index is -4.21. The van der Waals surface area contributed by atoms with Gasteiger partial charge in [0.1, 0.15) is 0 Å². The first-order valence-electron chi connectivity index (χ1n) is 5.15. The van der Waals surface area contributed by atoms with Gasteiger partial charge >= 0.3 is 12.2 Å². The Balaban J connectivity index is 3.50. The van der Waals surface area contributed by atoms with Crippen LogP contribution in [0.5, 0.6) is 0 Å². The van der Waals surface area contributed by atoms with Crippen molar-refractivity contribution in [2.24, 2.45) is 0 Å². The molecule has 0 radical (unpaired) electrons. The zero-order valence-corrected chi connectivity index (χ0v) is 10.1. The van der Waals surface area contributed by atoms with Crippen molar-refractivity contribution in [3.63, 3.8) is 0 Å². The van der Waals surface area contributed by atoms with Crippen LogP contribution in [-0.4, -0.2) is 17.3 Å². The van der Waals surface area contributed by atoms with Gasteiger partial charge < -0.3 is 5.11 Å². The molecular weight excluding hydrogens is 315 g/mol. The Labute approximate surface area is 112 Å². The molecule has 11 heteroatoms. The van der Waals surface area contributed by atoms with Crippen LogP contribution in [0.25, 0.3) is 0 Å². The van der Waals surface area contributed by atoms with Gasteiger partial charge in [0.05, 0.1) is 0 Å². The van der Waals surface area contributed by atoms with E-state index in [0.717, 1.165) is 6.92 Å². The average molecular weight is 321 g/mol. The van der Waals surface area contributed by atoms with Gasteiger partial charge in [0.15, 0.2) is 29.0 Å². The number of carboxylic acid groups (broad SMARTS) is 1. The summed E-state index contributed by atoms with van der Waals surface area (Å²) >= 11 is 0. The van der Waals surface area contributed by atoms with Gasteiger partial charge in [-0.15, -0.1) is 5.06 Å². The maximum atomic E-state index is 13.3. The van der Waals surface area contributed by atoms with Crippen molar-refractivity contribution in [1.29, 1.82) is 0 Å². The summed E-state index contributed by atoms with van der Waals surface area (Å²) in [5, 5.41) is 7.47. The molecule has 0 fully saturated rings. The second-order valence-electron chi connectivity index (χ2n) is 3.58. The Morgan fingerprint density at radius 1 is 1.05 bits per heavy atom. The van der Waals surface area contributed by atoms with Crippen molar-refractivity contribution >= 4 is 11.8 Å². The standard InChI is InChI=1S/C10H6F7NO3/c1-2-10(16,17)21-18(9(19)20)8-6(14)4(12)3(11)5(13)7(8)15/h2H2,1H3,(H,19,20). The Hall–Kier alpha value is -2.04. The minimum absolute atomic E-state index is 0.832. The summed E-state index contributed by atoms with van der Waals surface area (Å²) < 4.78 is 91.2. The van der Waals surface area contributed by atoms with Crippen molar-refractivity contribution in [3.05, 3.63) is 29.1 Å². The molecule has 21 heavy (non-hydrogen) atoms. The quantitative estimate of drug-likeness (QED) is 0.397. The van der Waals surface area contributed by atoms with Crippen molar-refractivity contribution in [2.45, 2.75) is 19.5 Å². The first kappa shape index (κ1) is 17.0. The molecule has 0 aliphatic heterocycles. The van der Waals surface area contributed by atoms with E-state index in [1.807, 2.05) is 0 Å². The van der Waals surface area contributed by atoms with E-state index in [4.69, 9.17) is 5.11 Å². The number of hydrogen-bond acceptors (Lipinski definition) is 2. The highest BCUT2D eigenvalue weighted by Crippen LogP contribution is 2.33. The Morgan fingerprint density at radius 3 is 1.76 bits per heavy atom. The molecule has 0 unspecified atom stereocenters. The molecule has 0 saturated carbocycles. The van der Waals surface area contributed by atoms with Gasteiger partial charge in [-0.1, -0.05) is 6.92 Å². The van der Waals surface area contributed by atoms with Gasteiger partial charge in [-0.25, -0.2) is 26.7 Å². The van der Waals surface area contributed by atoms with Crippen molar-refractivity contribution < 1.29 is 45.5 Å². The van der Waals surface area contributed by atoms with Gasteiger partial charge in [0.25, 0.3) is 0 Å². The molecule has 0 aliphatic carbocycles. The Kier molecular flexibility index (Phi) is 4.66. The summed E-state index contributed by atoms with van der Waals surface area (Å²) in [5.74, 6) is -12.8. The lowest BCUT2D eigenvalue weighted by molar-refractivity contribution is -0.242. The summed E-state index contributed by atoms with van der Waals surface area (Å²) in [7, 11) is 0. The number of anilines is 1. The summed E-state index contributed by atoms with van der Waals surface area (Å²) in [6, 6.07) is 0. The van der Waals surface area contributed by atoms with E-state index < -0.39 is 58.5 Å². The summed E-state index contributed by atoms with van der Waals surface area (Å²) in [6.45, 7) is 0.832. The van der Waals surface area contributed by atoms with Crippen LogP contribution in [0.2, 0.25) is 0 Å². The van der Waals surface area contributed by atoms with Crippen LogP contribution in [0.1, 0.15) is 13.3 Å². The number of carbonyl (C=O) groups is 1. The van der Waals surface area contributed by atoms with Crippen molar-refractivity contribution in [3.8, 4) is 0 Å². The normalized spacial score (nSPS) is 11.6. The predicted molar refractivity (Wildman–Crippen MR) is 53.1 cm³/mol. The molecule has 1 aromatic carbocycles. The number of halogens is 7. The van der Waals surface area contributed by atoms with E-state index in [2.05, 4.69) is 4.84 Å². The lowest BCUT2D eigenvalue weighted by Gasteiger charge is -2.24. The van der Waals surface area contributed by atoms with Gasteiger partial charge in [-0.3, -0.25) is 0 Å². The molecule has 0 spiro atoms. The predicted octanol–water partition coefficient (Wildman–Crippen LogP) is 3.80. The molecule has 1 aromatic rings. The van der Waals surface area contributed by atoms with Crippen molar-refractivity contribution in [2.75, 3.05) is 5.06 Å². The number of rotatable bonds is 4. The third kappa shape index (κ3) is 3.17. The highest BCUT2D eigenvalue weighted by molar-refractivity contribution is 5.84. The second kappa shape index (κ2) is 5.76. The SMILES string of the molecule is CCC(F)(F)ON(C(=O)O)c1c(F)c(F)c(F)c(F)c1F. The minimum Gasteiger partial charge on any atom is -0.463 e. The van der Waals surface area contributed by atoms with E-state index in [1.54, 1.807) is 0 Å². The molecule has 1 amide bonds. The van der Waals surface area contributed by atoms with E-state index >= 15 is 0 Å². The summed E-state index contributed by atoms with van der Waals surface area (Å²) in [4.78, 5) is 14.2. The monoisotopic (exact) mass is 321 g/mol. The van der Waals surface area contributed by atoms with Gasteiger partial charge in [0, 0.05) is 6.42 Å². The van der Waals surface area contributed by atoms with Gasteiger partial charge in [-0.2, -0.15) is 13.6 Å². The maximum Gasteiger partial charge on any atom is 0.436 e. The zero-order valence-electron chi connectivity index (χ0n) is 10.1. The van der Waals surface area contributed by atoms with E-state index in [-0.39, 0.29) is 0 Å². The van der Waals surface area contributed by atoms with Crippen LogP contribution in [0.4, 0.5) is 41.2 Å². The zero-order chi connectivity index (χ0) is 16.5.